The number of fused-ring (bicyclic) bond motifs is 1. The molecule has 1 aromatic carbocycles. The first-order chi connectivity index (χ1) is 7.04. The standard InChI is InChI=1S/C10H7F3N2/c11-10(12,13)6-7-1-2-8-9(5-7)15-4-3-14-8/h1-5H,6H2. The third kappa shape index (κ3) is 2.43. The van der Waals surface area contributed by atoms with Crippen molar-refractivity contribution in [3.63, 3.8) is 0 Å². The van der Waals surface area contributed by atoms with Gasteiger partial charge in [0.2, 0.25) is 0 Å². The Hall–Kier alpha value is -1.65. The van der Waals surface area contributed by atoms with Crippen LogP contribution in [0.5, 0.6) is 0 Å². The van der Waals surface area contributed by atoms with Gasteiger partial charge in [-0.15, -0.1) is 0 Å². The van der Waals surface area contributed by atoms with Crippen molar-refractivity contribution in [3.05, 3.63) is 36.2 Å². The predicted molar refractivity (Wildman–Crippen MR) is 49.3 cm³/mol. The third-order valence-electron chi connectivity index (χ3n) is 1.94. The van der Waals surface area contributed by atoms with E-state index in [1.807, 2.05) is 0 Å². The molecule has 2 rings (SSSR count). The molecule has 15 heavy (non-hydrogen) atoms. The molecule has 2 nitrogen and oxygen atoms in total. The van der Waals surface area contributed by atoms with Gasteiger partial charge in [-0.1, -0.05) is 6.07 Å². The summed E-state index contributed by atoms with van der Waals surface area (Å²) < 4.78 is 36.3. The Bertz CT molecular complexity index is 479. The van der Waals surface area contributed by atoms with Crippen molar-refractivity contribution < 1.29 is 13.2 Å². The molecule has 0 saturated carbocycles. The SMILES string of the molecule is FC(F)(F)Cc1ccc2nccnc2c1. The molecule has 0 aliphatic heterocycles. The average Bonchev–Trinajstić information content (AvgIpc) is 2.15. The topological polar surface area (TPSA) is 25.8 Å². The molecular weight excluding hydrogens is 205 g/mol. The summed E-state index contributed by atoms with van der Waals surface area (Å²) in [4.78, 5) is 7.92. The van der Waals surface area contributed by atoms with E-state index in [4.69, 9.17) is 0 Å². The van der Waals surface area contributed by atoms with Crippen LogP contribution in [-0.2, 0) is 6.42 Å². The maximum atomic E-state index is 12.1. The molecule has 0 aliphatic rings. The highest BCUT2D eigenvalue weighted by atomic mass is 19.4. The average molecular weight is 212 g/mol. The van der Waals surface area contributed by atoms with Crippen LogP contribution in [-0.4, -0.2) is 16.1 Å². The summed E-state index contributed by atoms with van der Waals surface area (Å²) in [6.07, 6.45) is -2.15. The number of halogens is 3. The Morgan fingerprint density at radius 1 is 1.00 bits per heavy atom. The molecule has 0 spiro atoms. The van der Waals surface area contributed by atoms with Crippen molar-refractivity contribution in [1.82, 2.24) is 9.97 Å². The number of nitrogens with zero attached hydrogens (tertiary/aromatic N) is 2. The van der Waals surface area contributed by atoms with Gasteiger partial charge < -0.3 is 0 Å². The largest absolute Gasteiger partial charge is 0.393 e. The predicted octanol–water partition coefficient (Wildman–Crippen LogP) is 2.73. The number of hydrogen-bond donors (Lipinski definition) is 0. The number of alkyl halides is 3. The lowest BCUT2D eigenvalue weighted by Gasteiger charge is -2.06. The van der Waals surface area contributed by atoms with Crippen molar-refractivity contribution in [2.45, 2.75) is 12.6 Å². The molecule has 1 aromatic heterocycles. The van der Waals surface area contributed by atoms with Crippen molar-refractivity contribution in [2.24, 2.45) is 0 Å². The van der Waals surface area contributed by atoms with Gasteiger partial charge in [0.25, 0.3) is 0 Å². The second-order valence-corrected chi connectivity index (χ2v) is 3.17. The number of hydrogen-bond acceptors (Lipinski definition) is 2. The van der Waals surface area contributed by atoms with Crippen molar-refractivity contribution in [3.8, 4) is 0 Å². The molecule has 0 atom stereocenters. The second-order valence-electron chi connectivity index (χ2n) is 3.17. The van der Waals surface area contributed by atoms with E-state index < -0.39 is 12.6 Å². The molecule has 0 amide bonds. The Balaban J connectivity index is 2.39. The molecule has 2 aromatic rings. The second kappa shape index (κ2) is 3.49. The zero-order valence-electron chi connectivity index (χ0n) is 7.62. The number of benzene rings is 1. The van der Waals surface area contributed by atoms with E-state index in [-0.39, 0.29) is 5.56 Å². The molecule has 0 radical (unpaired) electrons. The van der Waals surface area contributed by atoms with Crippen LogP contribution in [0.3, 0.4) is 0 Å². The maximum absolute atomic E-state index is 12.1. The van der Waals surface area contributed by atoms with Crippen LogP contribution < -0.4 is 0 Å². The smallest absolute Gasteiger partial charge is 0.253 e. The minimum atomic E-state index is -4.18. The zero-order valence-corrected chi connectivity index (χ0v) is 7.62. The lowest BCUT2D eigenvalue weighted by molar-refractivity contribution is -0.127. The van der Waals surface area contributed by atoms with Crippen molar-refractivity contribution in [1.29, 1.82) is 0 Å². The molecule has 78 valence electrons. The lowest BCUT2D eigenvalue weighted by atomic mass is 10.1. The third-order valence-corrected chi connectivity index (χ3v) is 1.94. The van der Waals surface area contributed by atoms with Crippen LogP contribution in [0.1, 0.15) is 5.56 Å². The fraction of sp³-hybridized carbons (Fsp3) is 0.200. The highest BCUT2D eigenvalue weighted by molar-refractivity contribution is 5.74. The zero-order chi connectivity index (χ0) is 10.9. The fourth-order valence-electron chi connectivity index (χ4n) is 1.35. The lowest BCUT2D eigenvalue weighted by Crippen LogP contribution is -2.11. The van der Waals surface area contributed by atoms with Crippen LogP contribution in [0.2, 0.25) is 0 Å². The molecule has 0 saturated heterocycles. The van der Waals surface area contributed by atoms with Crippen molar-refractivity contribution in [2.75, 3.05) is 0 Å². The van der Waals surface area contributed by atoms with Crippen LogP contribution >= 0.6 is 0 Å². The van der Waals surface area contributed by atoms with Gasteiger partial charge >= 0.3 is 6.18 Å². The number of aromatic nitrogens is 2. The molecule has 0 unspecified atom stereocenters. The van der Waals surface area contributed by atoms with E-state index in [1.165, 1.54) is 24.5 Å². The van der Waals surface area contributed by atoms with Gasteiger partial charge in [0.05, 0.1) is 17.5 Å². The summed E-state index contributed by atoms with van der Waals surface area (Å²) >= 11 is 0. The maximum Gasteiger partial charge on any atom is 0.393 e. The van der Waals surface area contributed by atoms with Crippen LogP contribution in [0.25, 0.3) is 11.0 Å². The minimum absolute atomic E-state index is 0.204. The summed E-state index contributed by atoms with van der Waals surface area (Å²) in [5, 5.41) is 0. The molecular formula is C10H7F3N2. The van der Waals surface area contributed by atoms with Gasteiger partial charge in [-0.25, -0.2) is 0 Å². The Morgan fingerprint density at radius 2 is 1.67 bits per heavy atom. The first-order valence-corrected chi connectivity index (χ1v) is 4.31. The molecule has 0 aliphatic carbocycles. The highest BCUT2D eigenvalue weighted by Gasteiger charge is 2.27. The van der Waals surface area contributed by atoms with Gasteiger partial charge in [-0.05, 0) is 17.7 Å². The summed E-state index contributed by atoms with van der Waals surface area (Å²) in [5.41, 5.74) is 1.29. The van der Waals surface area contributed by atoms with E-state index in [1.54, 1.807) is 6.07 Å². The fourth-order valence-corrected chi connectivity index (χ4v) is 1.35. The molecule has 5 heteroatoms. The highest BCUT2D eigenvalue weighted by Crippen LogP contribution is 2.22. The Morgan fingerprint density at radius 3 is 2.33 bits per heavy atom. The van der Waals surface area contributed by atoms with Gasteiger partial charge in [-0.2, -0.15) is 13.2 Å². The first kappa shape index (κ1) is 9.89. The van der Waals surface area contributed by atoms with Gasteiger partial charge in [-0.3, -0.25) is 9.97 Å². The monoisotopic (exact) mass is 212 g/mol. The van der Waals surface area contributed by atoms with E-state index in [2.05, 4.69) is 9.97 Å². The summed E-state index contributed by atoms with van der Waals surface area (Å²) in [7, 11) is 0. The van der Waals surface area contributed by atoms with Gasteiger partial charge in [0, 0.05) is 12.4 Å². The minimum Gasteiger partial charge on any atom is -0.253 e. The molecule has 1 heterocycles. The normalized spacial score (nSPS) is 11.9. The Kier molecular flexibility index (Phi) is 2.30. The summed E-state index contributed by atoms with van der Waals surface area (Å²) in [6, 6.07) is 4.38. The first-order valence-electron chi connectivity index (χ1n) is 4.31. The molecule has 0 fully saturated rings. The van der Waals surface area contributed by atoms with Crippen LogP contribution in [0, 0.1) is 0 Å². The van der Waals surface area contributed by atoms with Crippen LogP contribution in [0.4, 0.5) is 13.2 Å². The summed E-state index contributed by atoms with van der Waals surface area (Å²) in [6.45, 7) is 0. The molecule has 0 N–H and O–H groups in total. The van der Waals surface area contributed by atoms with Crippen LogP contribution in [0.15, 0.2) is 30.6 Å². The van der Waals surface area contributed by atoms with Gasteiger partial charge in [0.1, 0.15) is 0 Å². The van der Waals surface area contributed by atoms with E-state index in [0.29, 0.717) is 11.0 Å². The number of rotatable bonds is 1. The molecule has 0 bridgehead atoms. The van der Waals surface area contributed by atoms with Gasteiger partial charge in [0.15, 0.2) is 0 Å². The van der Waals surface area contributed by atoms with E-state index >= 15 is 0 Å². The quantitative estimate of drug-likeness (QED) is 0.726. The van der Waals surface area contributed by atoms with E-state index in [9.17, 15) is 13.2 Å². The van der Waals surface area contributed by atoms with E-state index in [0.717, 1.165) is 0 Å². The van der Waals surface area contributed by atoms with Crippen molar-refractivity contribution >= 4 is 11.0 Å². The Labute approximate surface area is 83.8 Å². The summed E-state index contributed by atoms with van der Waals surface area (Å²) in [5.74, 6) is 0.